The van der Waals surface area contributed by atoms with Crippen LogP contribution in [0.25, 0.3) is 11.1 Å². The molecule has 4 N–H and O–H groups in total. The van der Waals surface area contributed by atoms with Crippen LogP contribution in [0.4, 0.5) is 5.69 Å². The lowest BCUT2D eigenvalue weighted by molar-refractivity contribution is -0.112. The number of carbonyl (C=O) groups is 1. The standard InChI is InChI=1S/C31H39N3O3.C2H6/c1-4-6-10-27(8-5-2)37-28-18-14-25(15-19-28)24-12-16-26(17-13-24)34-31(35)30(32)22-33-21-23-9-7-11-29(20-23)36-3;1-2/h7,9,11-20,22,27,33H,4-6,8,10,21,32H2,1-3H3,(H,34,35);1-2H3/b30-22-;. The van der Waals surface area contributed by atoms with Gasteiger partial charge < -0.3 is 25.8 Å². The maximum Gasteiger partial charge on any atom is 0.273 e. The van der Waals surface area contributed by atoms with Crippen LogP contribution in [0.15, 0.2) is 84.7 Å². The van der Waals surface area contributed by atoms with E-state index in [0.717, 1.165) is 47.5 Å². The van der Waals surface area contributed by atoms with Gasteiger partial charge in [0.05, 0.1) is 13.2 Å². The van der Waals surface area contributed by atoms with Crippen molar-refractivity contribution in [1.82, 2.24) is 5.32 Å². The molecular weight excluding hydrogens is 486 g/mol. The summed E-state index contributed by atoms with van der Waals surface area (Å²) in [6, 6.07) is 23.6. The molecule has 39 heavy (non-hydrogen) atoms. The highest BCUT2D eigenvalue weighted by Crippen LogP contribution is 2.25. The number of hydrogen-bond acceptors (Lipinski definition) is 5. The summed E-state index contributed by atoms with van der Waals surface area (Å²) in [5.74, 6) is 1.33. The lowest BCUT2D eigenvalue weighted by Gasteiger charge is -2.18. The van der Waals surface area contributed by atoms with Crippen LogP contribution in [-0.2, 0) is 11.3 Å². The van der Waals surface area contributed by atoms with Gasteiger partial charge in [-0.25, -0.2) is 0 Å². The fraction of sp³-hybridized carbons (Fsp3) is 0.364. The maximum absolute atomic E-state index is 12.5. The highest BCUT2D eigenvalue weighted by atomic mass is 16.5. The van der Waals surface area contributed by atoms with E-state index >= 15 is 0 Å². The van der Waals surface area contributed by atoms with Gasteiger partial charge >= 0.3 is 0 Å². The third-order valence-electron chi connectivity index (χ3n) is 6.08. The normalized spacial score (nSPS) is 11.6. The summed E-state index contributed by atoms with van der Waals surface area (Å²) >= 11 is 0. The number of anilines is 1. The maximum atomic E-state index is 12.5. The first-order chi connectivity index (χ1) is 19.0. The minimum Gasteiger partial charge on any atom is -0.497 e. The van der Waals surface area contributed by atoms with Crippen LogP contribution in [0.1, 0.15) is 65.4 Å². The van der Waals surface area contributed by atoms with Crippen LogP contribution in [-0.4, -0.2) is 19.1 Å². The van der Waals surface area contributed by atoms with E-state index in [2.05, 4.69) is 36.6 Å². The van der Waals surface area contributed by atoms with Crippen LogP contribution in [0.2, 0.25) is 0 Å². The molecule has 0 spiro atoms. The first-order valence-electron chi connectivity index (χ1n) is 14.0. The Morgan fingerprint density at radius 1 is 0.897 bits per heavy atom. The van der Waals surface area contributed by atoms with E-state index in [0.29, 0.717) is 12.2 Å². The molecule has 0 heterocycles. The van der Waals surface area contributed by atoms with E-state index in [1.54, 1.807) is 7.11 Å². The summed E-state index contributed by atoms with van der Waals surface area (Å²) in [6.07, 6.45) is 7.45. The molecular formula is C33H45N3O3. The number of methoxy groups -OCH3 is 1. The molecule has 210 valence electrons. The minimum atomic E-state index is -0.364. The predicted molar refractivity (Wildman–Crippen MR) is 163 cm³/mol. The zero-order valence-electron chi connectivity index (χ0n) is 24.1. The average Bonchev–Trinajstić information content (AvgIpc) is 2.98. The SMILES string of the molecule is CC.CCCCC(CCC)Oc1ccc(-c2ccc(NC(=O)/C(N)=C/NCc3cccc(OC)c3)cc2)cc1. The second kappa shape index (κ2) is 17.6. The van der Waals surface area contributed by atoms with Gasteiger partial charge in [0, 0.05) is 18.4 Å². The molecule has 6 nitrogen and oxygen atoms in total. The Kier molecular flexibility index (Phi) is 14.1. The number of unbranched alkanes of at least 4 members (excludes halogenated alkanes) is 1. The molecule has 0 aliphatic heterocycles. The van der Waals surface area contributed by atoms with Crippen LogP contribution < -0.4 is 25.8 Å². The van der Waals surface area contributed by atoms with Crippen LogP contribution >= 0.6 is 0 Å². The molecule has 0 aliphatic rings. The zero-order valence-corrected chi connectivity index (χ0v) is 24.1. The molecule has 0 radical (unpaired) electrons. The fourth-order valence-corrected chi connectivity index (χ4v) is 4.01. The van der Waals surface area contributed by atoms with Gasteiger partial charge in [0.15, 0.2) is 0 Å². The number of nitrogens with one attached hydrogen (secondary N) is 2. The van der Waals surface area contributed by atoms with Crippen molar-refractivity contribution in [2.24, 2.45) is 5.73 Å². The molecule has 0 bridgehead atoms. The Morgan fingerprint density at radius 3 is 2.18 bits per heavy atom. The third-order valence-corrected chi connectivity index (χ3v) is 6.08. The molecule has 0 saturated carbocycles. The molecule has 3 rings (SSSR count). The van der Waals surface area contributed by atoms with Gasteiger partial charge in [0.1, 0.15) is 17.2 Å². The molecule has 3 aromatic rings. The fourth-order valence-electron chi connectivity index (χ4n) is 4.01. The predicted octanol–water partition coefficient (Wildman–Crippen LogP) is 7.65. The van der Waals surface area contributed by atoms with Crippen LogP contribution in [0.3, 0.4) is 0 Å². The first kappa shape index (κ1) is 31.3. The number of carbonyl (C=O) groups excluding carboxylic acids is 1. The molecule has 0 saturated heterocycles. The van der Waals surface area contributed by atoms with E-state index < -0.39 is 0 Å². The Labute approximate surface area is 234 Å². The summed E-state index contributed by atoms with van der Waals surface area (Å²) < 4.78 is 11.4. The van der Waals surface area contributed by atoms with E-state index in [-0.39, 0.29) is 17.7 Å². The van der Waals surface area contributed by atoms with E-state index in [1.165, 1.54) is 19.0 Å². The number of nitrogens with two attached hydrogens (primary N) is 1. The van der Waals surface area contributed by atoms with Crippen molar-refractivity contribution >= 4 is 11.6 Å². The molecule has 1 atom stereocenters. The van der Waals surface area contributed by atoms with E-state index in [9.17, 15) is 4.79 Å². The Balaban J connectivity index is 0.00000260. The molecule has 3 aromatic carbocycles. The number of amides is 1. The lowest BCUT2D eigenvalue weighted by Crippen LogP contribution is -2.22. The summed E-state index contributed by atoms with van der Waals surface area (Å²) in [4.78, 5) is 12.5. The second-order valence-electron chi connectivity index (χ2n) is 9.06. The number of hydrogen-bond donors (Lipinski definition) is 3. The largest absolute Gasteiger partial charge is 0.497 e. The topological polar surface area (TPSA) is 85.6 Å². The molecule has 0 aromatic heterocycles. The lowest BCUT2D eigenvalue weighted by atomic mass is 10.0. The molecule has 1 amide bonds. The molecule has 1 unspecified atom stereocenters. The smallest absolute Gasteiger partial charge is 0.273 e. The van der Waals surface area contributed by atoms with Crippen LogP contribution in [0, 0.1) is 0 Å². The number of benzene rings is 3. The Morgan fingerprint density at radius 2 is 1.56 bits per heavy atom. The third kappa shape index (κ3) is 10.8. The minimum absolute atomic E-state index is 0.0999. The average molecular weight is 532 g/mol. The van der Waals surface area contributed by atoms with Gasteiger partial charge in [-0.15, -0.1) is 0 Å². The highest BCUT2D eigenvalue weighted by Gasteiger charge is 2.10. The zero-order chi connectivity index (χ0) is 28.5. The molecule has 0 fully saturated rings. The summed E-state index contributed by atoms with van der Waals surface area (Å²) in [6.45, 7) is 8.94. The van der Waals surface area contributed by atoms with Gasteiger partial charge in [-0.1, -0.05) is 83.4 Å². The highest BCUT2D eigenvalue weighted by molar-refractivity contribution is 6.03. The summed E-state index contributed by atoms with van der Waals surface area (Å²) in [5.41, 5.74) is 9.90. The van der Waals surface area contributed by atoms with Crippen molar-refractivity contribution in [1.29, 1.82) is 0 Å². The van der Waals surface area contributed by atoms with Gasteiger partial charge in [-0.3, -0.25) is 4.79 Å². The van der Waals surface area contributed by atoms with Gasteiger partial charge in [-0.2, -0.15) is 0 Å². The van der Waals surface area contributed by atoms with Crippen molar-refractivity contribution in [3.63, 3.8) is 0 Å². The van der Waals surface area contributed by atoms with Crippen molar-refractivity contribution in [2.45, 2.75) is 72.4 Å². The number of rotatable bonds is 14. The van der Waals surface area contributed by atoms with Crippen molar-refractivity contribution in [3.05, 3.63) is 90.3 Å². The molecule has 6 heteroatoms. The van der Waals surface area contributed by atoms with Gasteiger partial charge in [-0.05, 0) is 65.9 Å². The van der Waals surface area contributed by atoms with E-state index in [1.807, 2.05) is 74.5 Å². The first-order valence-corrected chi connectivity index (χ1v) is 14.0. The molecule has 0 aliphatic carbocycles. The number of ether oxygens (including phenoxy) is 2. The van der Waals surface area contributed by atoms with Crippen molar-refractivity contribution in [2.75, 3.05) is 12.4 Å². The van der Waals surface area contributed by atoms with Crippen molar-refractivity contribution in [3.8, 4) is 22.6 Å². The quantitative estimate of drug-likeness (QED) is 0.186. The van der Waals surface area contributed by atoms with Gasteiger partial charge in [0.2, 0.25) is 0 Å². The monoisotopic (exact) mass is 531 g/mol. The van der Waals surface area contributed by atoms with Gasteiger partial charge in [0.25, 0.3) is 5.91 Å². The van der Waals surface area contributed by atoms with Crippen molar-refractivity contribution < 1.29 is 14.3 Å². The summed E-state index contributed by atoms with van der Waals surface area (Å²) in [5, 5.41) is 5.90. The van der Waals surface area contributed by atoms with Crippen LogP contribution in [0.5, 0.6) is 11.5 Å². The summed E-state index contributed by atoms with van der Waals surface area (Å²) in [7, 11) is 1.63. The van der Waals surface area contributed by atoms with E-state index in [4.69, 9.17) is 15.2 Å². The Bertz CT molecular complexity index is 1140. The Hall–Kier alpha value is -3.93. The second-order valence-corrected chi connectivity index (χ2v) is 9.06.